The summed E-state index contributed by atoms with van der Waals surface area (Å²) in [6, 6.07) is 15.1. The van der Waals surface area contributed by atoms with Gasteiger partial charge < -0.3 is 9.32 Å². The number of piperazine rings is 1. The van der Waals surface area contributed by atoms with Crippen LogP contribution in [0.15, 0.2) is 76.4 Å². The summed E-state index contributed by atoms with van der Waals surface area (Å²) in [6.07, 6.45) is 7.20. The van der Waals surface area contributed by atoms with E-state index in [1.807, 2.05) is 23.1 Å². The van der Waals surface area contributed by atoms with Crippen LogP contribution in [-0.2, 0) is 11.3 Å². The first-order valence-electron chi connectivity index (χ1n) is 10.0. The Balaban J connectivity index is 1.27. The van der Waals surface area contributed by atoms with Gasteiger partial charge in [0, 0.05) is 38.8 Å². The van der Waals surface area contributed by atoms with Crippen molar-refractivity contribution in [3.05, 3.63) is 83.1 Å². The first kappa shape index (κ1) is 19.8. The van der Waals surface area contributed by atoms with Crippen LogP contribution in [0.25, 0.3) is 17.5 Å². The molecule has 1 aromatic carbocycles. The Kier molecular flexibility index (Phi) is 6.20. The monoisotopic (exact) mass is 404 g/mol. The minimum atomic E-state index is -0.269. The van der Waals surface area contributed by atoms with Crippen molar-refractivity contribution in [1.82, 2.24) is 19.4 Å². The fourth-order valence-corrected chi connectivity index (χ4v) is 3.43. The molecule has 1 fully saturated rings. The Bertz CT molecular complexity index is 1050. The normalized spacial score (nSPS) is 15.0. The zero-order valence-corrected chi connectivity index (χ0v) is 16.7. The molecule has 154 valence electrons. The number of rotatable bonds is 6. The molecular formula is C23H24N4O3. The Morgan fingerprint density at radius 3 is 2.57 bits per heavy atom. The van der Waals surface area contributed by atoms with Gasteiger partial charge in [-0.1, -0.05) is 42.5 Å². The Hall–Kier alpha value is -3.45. The Labute approximate surface area is 174 Å². The molecule has 0 bridgehead atoms. The number of carbonyl (C=O) groups excluding carboxylic acids is 1. The van der Waals surface area contributed by atoms with E-state index < -0.39 is 0 Å². The maximum atomic E-state index is 12.6. The van der Waals surface area contributed by atoms with Crippen molar-refractivity contribution in [2.75, 3.05) is 32.7 Å². The van der Waals surface area contributed by atoms with Gasteiger partial charge in [-0.25, -0.2) is 4.98 Å². The third kappa shape index (κ3) is 4.93. The summed E-state index contributed by atoms with van der Waals surface area (Å²) in [5.41, 5.74) is 1.38. The molecule has 0 aliphatic carbocycles. The maximum Gasteiger partial charge on any atom is 0.254 e. The summed E-state index contributed by atoms with van der Waals surface area (Å²) in [6.45, 7) is 3.80. The fraction of sp³-hybridized carbons (Fsp3) is 0.261. The highest BCUT2D eigenvalue weighted by Crippen LogP contribution is 2.14. The summed E-state index contributed by atoms with van der Waals surface area (Å²) >= 11 is 0. The van der Waals surface area contributed by atoms with Crippen LogP contribution in [0.5, 0.6) is 0 Å². The topological polar surface area (TPSA) is 71.6 Å². The lowest BCUT2D eigenvalue weighted by molar-refractivity contribution is -0.133. The van der Waals surface area contributed by atoms with Gasteiger partial charge in [0.1, 0.15) is 12.2 Å². The second-order valence-electron chi connectivity index (χ2n) is 7.21. The summed E-state index contributed by atoms with van der Waals surface area (Å²) in [7, 11) is 0. The van der Waals surface area contributed by atoms with Gasteiger partial charge in [-0.05, 0) is 17.7 Å². The highest BCUT2D eigenvalue weighted by Gasteiger charge is 2.21. The van der Waals surface area contributed by atoms with E-state index in [4.69, 9.17) is 4.42 Å². The Morgan fingerprint density at radius 2 is 1.87 bits per heavy atom. The van der Waals surface area contributed by atoms with Crippen molar-refractivity contribution in [2.24, 2.45) is 0 Å². The van der Waals surface area contributed by atoms with E-state index >= 15 is 0 Å². The third-order valence-electron chi connectivity index (χ3n) is 5.16. The minimum absolute atomic E-state index is 0.00181. The van der Waals surface area contributed by atoms with E-state index in [1.165, 1.54) is 28.8 Å². The molecule has 1 amide bonds. The molecule has 0 radical (unpaired) electrons. The minimum Gasteiger partial charge on any atom is -0.463 e. The van der Waals surface area contributed by atoms with Gasteiger partial charge in [0.25, 0.3) is 5.56 Å². The number of hydrogen-bond donors (Lipinski definition) is 0. The summed E-state index contributed by atoms with van der Waals surface area (Å²) in [5.74, 6) is 0.465. The number of carbonyl (C=O) groups is 1. The van der Waals surface area contributed by atoms with Crippen LogP contribution in [0, 0.1) is 0 Å². The predicted octanol–water partition coefficient (Wildman–Crippen LogP) is 2.36. The second-order valence-corrected chi connectivity index (χ2v) is 7.21. The van der Waals surface area contributed by atoms with Crippen molar-refractivity contribution in [3.8, 4) is 11.5 Å². The van der Waals surface area contributed by atoms with Crippen LogP contribution in [0.3, 0.4) is 0 Å². The van der Waals surface area contributed by atoms with Gasteiger partial charge in [-0.15, -0.1) is 0 Å². The van der Waals surface area contributed by atoms with Gasteiger partial charge >= 0.3 is 0 Å². The van der Waals surface area contributed by atoms with Crippen LogP contribution in [0.1, 0.15) is 5.56 Å². The summed E-state index contributed by atoms with van der Waals surface area (Å²) in [4.78, 5) is 33.3. The molecule has 4 rings (SSSR count). The lowest BCUT2D eigenvalue weighted by Gasteiger charge is -2.34. The smallest absolute Gasteiger partial charge is 0.254 e. The SMILES string of the molecule is O=C(Cn1cnc(-c2ccco2)cc1=O)N1CCN(C/C=C/c2ccccc2)CC1. The molecule has 1 aliphatic rings. The van der Waals surface area contributed by atoms with E-state index in [1.54, 1.807) is 12.1 Å². The maximum absolute atomic E-state index is 12.6. The van der Waals surface area contributed by atoms with E-state index in [2.05, 4.69) is 34.2 Å². The zero-order valence-electron chi connectivity index (χ0n) is 16.7. The third-order valence-corrected chi connectivity index (χ3v) is 5.16. The molecule has 30 heavy (non-hydrogen) atoms. The highest BCUT2D eigenvalue weighted by atomic mass is 16.3. The molecule has 2 aromatic heterocycles. The summed E-state index contributed by atoms with van der Waals surface area (Å²) < 4.78 is 6.60. The van der Waals surface area contributed by atoms with Gasteiger partial charge in [0.15, 0.2) is 5.76 Å². The number of nitrogens with zero attached hydrogens (tertiary/aromatic N) is 4. The molecule has 0 N–H and O–H groups in total. The van der Waals surface area contributed by atoms with Crippen molar-refractivity contribution < 1.29 is 9.21 Å². The van der Waals surface area contributed by atoms with Crippen LogP contribution >= 0.6 is 0 Å². The molecule has 0 atom stereocenters. The quantitative estimate of drug-likeness (QED) is 0.631. The van der Waals surface area contributed by atoms with Crippen LogP contribution in [0.2, 0.25) is 0 Å². The predicted molar refractivity (Wildman–Crippen MR) is 115 cm³/mol. The van der Waals surface area contributed by atoms with E-state index in [9.17, 15) is 9.59 Å². The average Bonchev–Trinajstić information content (AvgIpc) is 3.31. The molecule has 3 aromatic rings. The number of hydrogen-bond acceptors (Lipinski definition) is 5. The van der Waals surface area contributed by atoms with Gasteiger partial charge in [-0.2, -0.15) is 0 Å². The van der Waals surface area contributed by atoms with Gasteiger partial charge in [-0.3, -0.25) is 19.1 Å². The van der Waals surface area contributed by atoms with E-state index in [0.717, 1.165) is 19.6 Å². The molecule has 0 spiro atoms. The number of aromatic nitrogens is 2. The summed E-state index contributed by atoms with van der Waals surface area (Å²) in [5, 5.41) is 0. The lowest BCUT2D eigenvalue weighted by Crippen LogP contribution is -2.49. The van der Waals surface area contributed by atoms with Crippen LogP contribution in [-0.4, -0.2) is 58.0 Å². The van der Waals surface area contributed by atoms with Crippen molar-refractivity contribution in [1.29, 1.82) is 0 Å². The van der Waals surface area contributed by atoms with Crippen molar-refractivity contribution in [2.45, 2.75) is 6.54 Å². The van der Waals surface area contributed by atoms with Gasteiger partial charge in [0.05, 0.1) is 12.6 Å². The molecule has 7 heteroatoms. The standard InChI is InChI=1S/C23H24N4O3/c28-22-16-20(21-9-5-15-30-21)24-18-27(22)17-23(29)26-13-11-25(12-14-26)10-4-8-19-6-2-1-3-7-19/h1-9,15-16,18H,10-14,17H2/b8-4+. The van der Waals surface area contributed by atoms with Crippen LogP contribution in [0.4, 0.5) is 0 Å². The van der Waals surface area contributed by atoms with Crippen molar-refractivity contribution in [3.63, 3.8) is 0 Å². The molecular weight excluding hydrogens is 380 g/mol. The van der Waals surface area contributed by atoms with E-state index in [0.29, 0.717) is 24.5 Å². The Morgan fingerprint density at radius 1 is 1.07 bits per heavy atom. The van der Waals surface area contributed by atoms with Gasteiger partial charge in [0.2, 0.25) is 5.91 Å². The molecule has 3 heterocycles. The number of furan rings is 1. The largest absolute Gasteiger partial charge is 0.463 e. The van der Waals surface area contributed by atoms with E-state index in [-0.39, 0.29) is 18.0 Å². The highest BCUT2D eigenvalue weighted by molar-refractivity contribution is 5.76. The molecule has 1 saturated heterocycles. The average molecular weight is 404 g/mol. The van der Waals surface area contributed by atoms with Crippen molar-refractivity contribution >= 4 is 12.0 Å². The lowest BCUT2D eigenvalue weighted by atomic mass is 10.2. The first-order valence-corrected chi connectivity index (χ1v) is 10.0. The number of amides is 1. The molecule has 0 unspecified atom stereocenters. The molecule has 7 nitrogen and oxygen atoms in total. The first-order chi connectivity index (χ1) is 14.7. The molecule has 1 aliphatic heterocycles. The fourth-order valence-electron chi connectivity index (χ4n) is 3.43. The molecule has 0 saturated carbocycles. The zero-order chi connectivity index (χ0) is 20.8. The second kappa shape index (κ2) is 9.37. The number of benzene rings is 1. The van der Waals surface area contributed by atoms with Crippen LogP contribution < -0.4 is 5.56 Å².